The number of fused-ring (bicyclic) bond motifs is 2. The molecule has 19 heteroatoms. The number of halogens is 7. The van der Waals surface area contributed by atoms with Gasteiger partial charge in [-0.3, -0.25) is 14.5 Å². The van der Waals surface area contributed by atoms with E-state index >= 15 is 0 Å². The zero-order valence-corrected chi connectivity index (χ0v) is 33.3. The van der Waals surface area contributed by atoms with Gasteiger partial charge in [0.1, 0.15) is 6.04 Å². The van der Waals surface area contributed by atoms with Gasteiger partial charge in [0, 0.05) is 79.5 Å². The van der Waals surface area contributed by atoms with Gasteiger partial charge >= 0.3 is 24.9 Å². The molecule has 3 atom stereocenters. The van der Waals surface area contributed by atoms with E-state index in [-0.39, 0.29) is 30.2 Å². The van der Waals surface area contributed by atoms with Gasteiger partial charge in [-0.15, -0.1) is 0 Å². The van der Waals surface area contributed by atoms with Crippen LogP contribution >= 0.6 is 11.6 Å². The smallest absolute Gasteiger partial charge is 0.483 e. The number of carbonyl (C=O) groups excluding carboxylic acids is 2. The highest BCUT2D eigenvalue weighted by Crippen LogP contribution is 2.35. The fourth-order valence-electron chi connectivity index (χ4n) is 6.95. The van der Waals surface area contributed by atoms with Gasteiger partial charge in [-0.2, -0.15) is 26.3 Å². The number of nitrogens with zero attached hydrogens (tertiary/aromatic N) is 4. The molecule has 4 N–H and O–H groups in total. The summed E-state index contributed by atoms with van der Waals surface area (Å²) in [7, 11) is 4.11. The number of piperazine rings is 1. The van der Waals surface area contributed by atoms with Crippen molar-refractivity contribution in [2.75, 3.05) is 58.3 Å². The average molecular weight is 857 g/mol. The Labute approximate surface area is 342 Å². The number of aromatic amines is 1. The van der Waals surface area contributed by atoms with Crippen LogP contribution in [0.25, 0.3) is 10.9 Å². The molecule has 0 radical (unpaired) electrons. The van der Waals surface area contributed by atoms with Gasteiger partial charge in [0.2, 0.25) is 5.91 Å². The molecule has 0 spiro atoms. The first-order valence-electron chi connectivity index (χ1n) is 18.3. The summed E-state index contributed by atoms with van der Waals surface area (Å²) in [6, 6.07) is 23.3. The molecular weight excluding hydrogens is 810 g/mol. The molecule has 3 amide bonds. The standard InChI is InChI=1S/C36H43ClN6O2.C2HF3O2.CHF3.CH2O2/c1-25(31-21-38-32-12-8-7-11-30(31)32)34(39-36(45)42-17-15-41(16-18-42)23-26-9-5-4-6-10-26)35(44)43-24-27(22-40(2)3)19-28-20-29(37)13-14-33(28)43;3-2(4,5)1(6)7;2-1(3)4;2-1-3/h4-14,20-21,25,27,34,38H,15-19,22-24H2,1-3H3,(H,39,45);(H,6,7);1H;1H,(H,2,3)/t25?,27-,34?;;;/m1.../s1. The Kier molecular flexibility index (Phi) is 18.5. The number of aromatic nitrogens is 1. The van der Waals surface area contributed by atoms with Crippen molar-refractivity contribution < 1.29 is 55.7 Å². The van der Waals surface area contributed by atoms with Crippen molar-refractivity contribution in [3.8, 4) is 0 Å². The molecule has 12 nitrogen and oxygen atoms in total. The van der Waals surface area contributed by atoms with Gasteiger partial charge in [-0.05, 0) is 67.4 Å². The molecule has 3 heterocycles. The molecule has 322 valence electrons. The first-order chi connectivity index (χ1) is 27.9. The largest absolute Gasteiger partial charge is 0.490 e. The number of H-pyrrole nitrogens is 1. The van der Waals surface area contributed by atoms with Crippen LogP contribution in [0.3, 0.4) is 0 Å². The molecule has 6 rings (SSSR count). The first kappa shape index (κ1) is 48.0. The average Bonchev–Trinajstić information content (AvgIpc) is 3.61. The summed E-state index contributed by atoms with van der Waals surface area (Å²) in [4.78, 5) is 57.5. The summed E-state index contributed by atoms with van der Waals surface area (Å²) < 4.78 is 60.7. The monoisotopic (exact) mass is 856 g/mol. The van der Waals surface area contributed by atoms with Crippen LogP contribution in [0, 0.1) is 5.92 Å². The summed E-state index contributed by atoms with van der Waals surface area (Å²) in [6.45, 7) is 3.20. The Bertz CT molecular complexity index is 1960. The Morgan fingerprint density at radius 1 is 0.983 bits per heavy atom. The van der Waals surface area contributed by atoms with E-state index in [1.807, 2.05) is 65.4 Å². The number of para-hydroxylation sites is 1. The number of carboxylic acids is 1. The number of anilines is 1. The van der Waals surface area contributed by atoms with Gasteiger partial charge in [0.25, 0.3) is 6.47 Å². The third-order valence-electron chi connectivity index (χ3n) is 9.48. The number of carboxylic acid groups (broad SMARTS) is 2. The molecule has 2 aliphatic rings. The van der Waals surface area contributed by atoms with Crippen molar-refractivity contribution in [2.45, 2.75) is 44.7 Å². The molecular formula is C40H47ClF6N6O6. The maximum atomic E-state index is 14.8. The minimum atomic E-state index is -5.08. The lowest BCUT2D eigenvalue weighted by Gasteiger charge is -2.40. The maximum absolute atomic E-state index is 14.8. The lowest BCUT2D eigenvalue weighted by atomic mass is 9.88. The number of nitrogens with one attached hydrogen (secondary N) is 2. The van der Waals surface area contributed by atoms with E-state index in [4.69, 9.17) is 31.4 Å². The normalized spacial score (nSPS) is 16.3. The van der Waals surface area contributed by atoms with Crippen LogP contribution in [-0.2, 0) is 27.3 Å². The fourth-order valence-corrected chi connectivity index (χ4v) is 7.15. The zero-order chi connectivity index (χ0) is 43.9. The third kappa shape index (κ3) is 14.8. The summed E-state index contributed by atoms with van der Waals surface area (Å²) >= 11 is 6.42. The van der Waals surface area contributed by atoms with Crippen LogP contribution < -0.4 is 10.2 Å². The van der Waals surface area contributed by atoms with Crippen LogP contribution in [0.2, 0.25) is 5.02 Å². The van der Waals surface area contributed by atoms with Crippen LogP contribution in [0.1, 0.15) is 29.5 Å². The highest BCUT2D eigenvalue weighted by molar-refractivity contribution is 6.30. The van der Waals surface area contributed by atoms with Crippen LogP contribution in [0.4, 0.5) is 36.8 Å². The number of benzene rings is 3. The van der Waals surface area contributed by atoms with E-state index in [0.717, 1.165) is 60.3 Å². The highest BCUT2D eigenvalue weighted by atomic mass is 35.5. The second kappa shape index (κ2) is 22.7. The predicted molar refractivity (Wildman–Crippen MR) is 211 cm³/mol. The maximum Gasteiger partial charge on any atom is 0.490 e. The van der Waals surface area contributed by atoms with Gasteiger partial charge < -0.3 is 35.2 Å². The van der Waals surface area contributed by atoms with E-state index in [0.29, 0.717) is 24.7 Å². The van der Waals surface area contributed by atoms with Crippen molar-refractivity contribution in [3.05, 3.63) is 101 Å². The minimum Gasteiger partial charge on any atom is -0.483 e. The quantitative estimate of drug-likeness (QED) is 0.108. The van der Waals surface area contributed by atoms with Crippen LogP contribution in [0.5, 0.6) is 0 Å². The Morgan fingerprint density at radius 3 is 2.14 bits per heavy atom. The lowest BCUT2D eigenvalue weighted by Crippen LogP contribution is -2.58. The molecule has 4 aromatic rings. The molecule has 0 aliphatic carbocycles. The summed E-state index contributed by atoms with van der Waals surface area (Å²) in [5.74, 6) is -2.89. The molecule has 0 saturated carbocycles. The van der Waals surface area contributed by atoms with Crippen molar-refractivity contribution in [3.63, 3.8) is 0 Å². The first-order valence-corrected chi connectivity index (χ1v) is 18.7. The van der Waals surface area contributed by atoms with E-state index in [9.17, 15) is 35.9 Å². The van der Waals surface area contributed by atoms with Crippen molar-refractivity contribution in [1.82, 2.24) is 25.0 Å². The molecule has 1 aromatic heterocycles. The number of urea groups is 1. The third-order valence-corrected chi connectivity index (χ3v) is 9.71. The van der Waals surface area contributed by atoms with E-state index < -0.39 is 24.9 Å². The van der Waals surface area contributed by atoms with Crippen molar-refractivity contribution in [2.24, 2.45) is 5.92 Å². The molecule has 0 bridgehead atoms. The molecule has 3 aromatic carbocycles. The van der Waals surface area contributed by atoms with Crippen molar-refractivity contribution >= 4 is 52.6 Å². The highest BCUT2D eigenvalue weighted by Gasteiger charge is 2.39. The molecule has 2 unspecified atom stereocenters. The number of amides is 3. The minimum absolute atomic E-state index is 0.101. The Morgan fingerprint density at radius 2 is 1.56 bits per heavy atom. The summed E-state index contributed by atoms with van der Waals surface area (Å²) in [5.41, 5.74) is 5.22. The van der Waals surface area contributed by atoms with E-state index in [1.54, 1.807) is 0 Å². The van der Waals surface area contributed by atoms with Crippen LogP contribution in [0.15, 0.2) is 79.0 Å². The fraction of sp³-hybridized carbons (Fsp3) is 0.400. The van der Waals surface area contributed by atoms with Gasteiger partial charge in [-0.25, -0.2) is 9.59 Å². The number of aliphatic carboxylic acids is 1. The van der Waals surface area contributed by atoms with E-state index in [2.05, 4.69) is 64.5 Å². The molecule has 1 saturated heterocycles. The predicted octanol–water partition coefficient (Wildman–Crippen LogP) is 7.10. The second-order valence-electron chi connectivity index (χ2n) is 14.0. The summed E-state index contributed by atoms with van der Waals surface area (Å²) in [5, 5.41) is 19.0. The zero-order valence-electron chi connectivity index (χ0n) is 32.5. The van der Waals surface area contributed by atoms with Crippen LogP contribution in [-0.4, -0.2) is 127 Å². The molecule has 2 aliphatic heterocycles. The van der Waals surface area contributed by atoms with Gasteiger partial charge in [0.15, 0.2) is 0 Å². The van der Waals surface area contributed by atoms with Gasteiger partial charge in [0.05, 0.1) is 0 Å². The summed E-state index contributed by atoms with van der Waals surface area (Å²) in [6.07, 6.45) is -2.26. The Hall–Kier alpha value is -5.33. The number of hydrogen-bond donors (Lipinski definition) is 4. The topological polar surface area (TPSA) is 150 Å². The Balaban J connectivity index is 0.000000576. The number of alkyl halides is 6. The second-order valence-corrected chi connectivity index (χ2v) is 14.4. The molecule has 1 fully saturated rings. The lowest BCUT2D eigenvalue weighted by molar-refractivity contribution is -0.192. The molecule has 59 heavy (non-hydrogen) atoms. The van der Waals surface area contributed by atoms with Crippen molar-refractivity contribution in [1.29, 1.82) is 0 Å². The number of carbonyl (C=O) groups is 4. The number of rotatable bonds is 8. The van der Waals surface area contributed by atoms with Gasteiger partial charge in [-0.1, -0.05) is 67.1 Å². The number of hydrogen-bond acceptors (Lipinski definition) is 6. The van der Waals surface area contributed by atoms with E-state index in [1.165, 1.54) is 5.56 Å². The SMILES string of the molecule is CC(c1c[nH]c2ccccc12)C(NC(=O)N1CCN(Cc2ccccc2)CC1)C(=O)N1C[C@@H](CN(C)C)Cc2cc(Cl)ccc21.FC(F)F.O=C(O)C(F)(F)F.O=CO.